The summed E-state index contributed by atoms with van der Waals surface area (Å²) in [5, 5.41) is 22.2. The minimum absolute atomic E-state index is 0.133. The Balaban J connectivity index is 1.89. The Morgan fingerprint density at radius 1 is 1.09 bits per heavy atom. The van der Waals surface area contributed by atoms with E-state index >= 15 is 0 Å². The maximum absolute atomic E-state index is 12.8. The van der Waals surface area contributed by atoms with Crippen molar-refractivity contribution < 1.29 is 37.8 Å². The van der Waals surface area contributed by atoms with E-state index in [4.69, 9.17) is 14.6 Å². The van der Waals surface area contributed by atoms with Crippen LogP contribution in [0.4, 0.5) is 18.0 Å². The summed E-state index contributed by atoms with van der Waals surface area (Å²) in [5.74, 6) is 0. The number of hydrogen-bond donors (Lipinski definition) is 3. The van der Waals surface area contributed by atoms with Gasteiger partial charge in [0.05, 0.1) is 11.7 Å². The topological polar surface area (TPSA) is 91.3 Å². The molecule has 0 bridgehead atoms. The fraction of sp³-hybridized carbons (Fsp3) is 0.409. The fourth-order valence-electron chi connectivity index (χ4n) is 2.91. The van der Waals surface area contributed by atoms with Crippen molar-refractivity contribution in [3.63, 3.8) is 0 Å². The van der Waals surface area contributed by atoms with Crippen LogP contribution < -0.4 is 5.32 Å². The predicted octanol–water partition coefficient (Wildman–Crippen LogP) is 4.07. The van der Waals surface area contributed by atoms with Crippen LogP contribution in [-0.4, -0.2) is 40.5 Å². The molecule has 7 nitrogen and oxygen atoms in total. The second kappa shape index (κ2) is 11.8. The first-order valence-electron chi connectivity index (χ1n) is 9.95. The summed E-state index contributed by atoms with van der Waals surface area (Å²) in [7, 11) is 0. The standard InChI is InChI=1S/C22H27F3N2O5/c1-15(2)32-20(27(30)14-28)11-16-5-3-6-17(9-16)12-26-21(29)31-13-18-7-4-8-19(10-18)22(23,24)25/h3-10,15,20,28,30H,11-14H2,1-2H3,(H,26,29)/t20-/m0/s1. The number of hydroxylamine groups is 2. The molecule has 3 N–H and O–H groups in total. The minimum Gasteiger partial charge on any atom is -0.445 e. The van der Waals surface area contributed by atoms with Crippen LogP contribution in [0, 0.1) is 0 Å². The van der Waals surface area contributed by atoms with E-state index in [0.29, 0.717) is 11.5 Å². The van der Waals surface area contributed by atoms with Crippen LogP contribution in [0.5, 0.6) is 0 Å². The largest absolute Gasteiger partial charge is 0.445 e. The number of rotatable bonds is 10. The van der Waals surface area contributed by atoms with Crippen LogP contribution in [0.2, 0.25) is 0 Å². The van der Waals surface area contributed by atoms with E-state index in [1.807, 2.05) is 19.9 Å². The quantitative estimate of drug-likeness (QED) is 0.369. The third-order valence-electron chi connectivity index (χ3n) is 4.37. The molecule has 2 aromatic rings. The summed E-state index contributed by atoms with van der Waals surface area (Å²) in [6.45, 7) is 2.87. The van der Waals surface area contributed by atoms with Gasteiger partial charge in [-0.1, -0.05) is 36.4 Å². The lowest BCUT2D eigenvalue weighted by atomic mass is 10.1. The highest BCUT2D eigenvalue weighted by Crippen LogP contribution is 2.29. The van der Waals surface area contributed by atoms with Gasteiger partial charge in [0.2, 0.25) is 0 Å². The Kier molecular flexibility index (Phi) is 9.45. The van der Waals surface area contributed by atoms with E-state index < -0.39 is 30.8 Å². The van der Waals surface area contributed by atoms with E-state index in [1.165, 1.54) is 12.1 Å². The summed E-state index contributed by atoms with van der Waals surface area (Å²) in [6, 6.07) is 11.7. The molecule has 0 aliphatic carbocycles. The molecule has 0 spiro atoms. The highest BCUT2D eigenvalue weighted by molar-refractivity contribution is 5.67. The molecule has 2 rings (SSSR count). The molecular weight excluding hydrogens is 429 g/mol. The van der Waals surface area contributed by atoms with E-state index in [-0.39, 0.29) is 24.8 Å². The third kappa shape index (κ3) is 8.46. The number of benzene rings is 2. The van der Waals surface area contributed by atoms with Crippen molar-refractivity contribution >= 4 is 6.09 Å². The predicted molar refractivity (Wildman–Crippen MR) is 109 cm³/mol. The SMILES string of the molecule is CC(C)O[C@@H](Cc1cccc(CNC(=O)OCc2cccc(C(F)(F)F)c2)c1)N(O)CO. The molecule has 0 aliphatic rings. The summed E-state index contributed by atoms with van der Waals surface area (Å²) in [4.78, 5) is 11.9. The third-order valence-corrected chi connectivity index (χ3v) is 4.37. The van der Waals surface area contributed by atoms with Gasteiger partial charge in [0, 0.05) is 13.0 Å². The number of halogens is 3. The zero-order chi connectivity index (χ0) is 23.7. The maximum Gasteiger partial charge on any atom is 0.416 e. The number of nitrogens with one attached hydrogen (secondary N) is 1. The normalized spacial score (nSPS) is 12.8. The van der Waals surface area contributed by atoms with E-state index in [9.17, 15) is 23.2 Å². The van der Waals surface area contributed by atoms with Gasteiger partial charge in [-0.2, -0.15) is 13.2 Å². The van der Waals surface area contributed by atoms with Crippen molar-refractivity contribution in [2.24, 2.45) is 0 Å². The van der Waals surface area contributed by atoms with Gasteiger partial charge in [-0.15, -0.1) is 5.06 Å². The van der Waals surface area contributed by atoms with Gasteiger partial charge >= 0.3 is 12.3 Å². The first-order valence-corrected chi connectivity index (χ1v) is 9.95. The minimum atomic E-state index is -4.47. The lowest BCUT2D eigenvalue weighted by Crippen LogP contribution is -2.38. The van der Waals surface area contributed by atoms with Crippen LogP contribution in [0.3, 0.4) is 0 Å². The summed E-state index contributed by atoms with van der Waals surface area (Å²) in [6.07, 6.45) is -5.86. The molecule has 1 atom stereocenters. The zero-order valence-electron chi connectivity index (χ0n) is 17.8. The van der Waals surface area contributed by atoms with Crippen molar-refractivity contribution in [1.82, 2.24) is 10.4 Å². The Labute approximate surface area is 184 Å². The Morgan fingerprint density at radius 2 is 1.75 bits per heavy atom. The summed E-state index contributed by atoms with van der Waals surface area (Å²) in [5.41, 5.74) is 0.971. The highest BCUT2D eigenvalue weighted by atomic mass is 19.4. The lowest BCUT2D eigenvalue weighted by molar-refractivity contribution is -0.253. The first-order chi connectivity index (χ1) is 15.1. The molecule has 0 unspecified atom stereocenters. The van der Waals surface area contributed by atoms with Gasteiger partial charge in [0.1, 0.15) is 19.6 Å². The monoisotopic (exact) mass is 456 g/mol. The van der Waals surface area contributed by atoms with Gasteiger partial charge in [-0.05, 0) is 42.7 Å². The molecule has 0 saturated heterocycles. The number of ether oxygens (including phenoxy) is 2. The molecular formula is C22H27F3N2O5. The van der Waals surface area contributed by atoms with Crippen LogP contribution in [0.15, 0.2) is 48.5 Å². The molecule has 2 aromatic carbocycles. The molecule has 0 fully saturated rings. The molecule has 176 valence electrons. The van der Waals surface area contributed by atoms with Gasteiger partial charge in [-0.3, -0.25) is 0 Å². The molecule has 0 saturated carbocycles. The van der Waals surface area contributed by atoms with Crippen molar-refractivity contribution in [3.8, 4) is 0 Å². The number of carbonyl (C=O) groups is 1. The molecule has 0 radical (unpaired) electrons. The van der Waals surface area contributed by atoms with Gasteiger partial charge in [0.15, 0.2) is 0 Å². The molecule has 10 heteroatoms. The second-order valence-corrected chi connectivity index (χ2v) is 7.37. The van der Waals surface area contributed by atoms with Crippen LogP contribution in [0.25, 0.3) is 0 Å². The Morgan fingerprint density at radius 3 is 2.41 bits per heavy atom. The Bertz CT molecular complexity index is 877. The van der Waals surface area contributed by atoms with Crippen LogP contribution in [0.1, 0.15) is 36.1 Å². The van der Waals surface area contributed by atoms with E-state index in [1.54, 1.807) is 18.2 Å². The zero-order valence-corrected chi connectivity index (χ0v) is 17.8. The molecule has 1 amide bonds. The lowest BCUT2D eigenvalue weighted by Gasteiger charge is -2.26. The van der Waals surface area contributed by atoms with Crippen molar-refractivity contribution in [2.45, 2.75) is 51.9 Å². The average Bonchev–Trinajstić information content (AvgIpc) is 2.75. The van der Waals surface area contributed by atoms with Crippen LogP contribution >= 0.6 is 0 Å². The number of nitrogens with zero attached hydrogens (tertiary/aromatic N) is 1. The number of hydrogen-bond acceptors (Lipinski definition) is 6. The number of aliphatic hydroxyl groups excluding tert-OH is 1. The summed E-state index contributed by atoms with van der Waals surface area (Å²) >= 11 is 0. The fourth-order valence-corrected chi connectivity index (χ4v) is 2.91. The number of carbonyl (C=O) groups excluding carboxylic acids is 1. The van der Waals surface area contributed by atoms with Crippen LogP contribution in [-0.2, 0) is 35.2 Å². The molecule has 32 heavy (non-hydrogen) atoms. The second-order valence-electron chi connectivity index (χ2n) is 7.37. The highest BCUT2D eigenvalue weighted by Gasteiger charge is 2.30. The van der Waals surface area contributed by atoms with E-state index in [0.717, 1.165) is 23.3 Å². The van der Waals surface area contributed by atoms with Gasteiger partial charge < -0.3 is 25.1 Å². The van der Waals surface area contributed by atoms with Crippen molar-refractivity contribution in [1.29, 1.82) is 0 Å². The number of alkyl carbamates (subject to hydrolysis) is 1. The first kappa shape index (κ1) is 25.6. The average molecular weight is 456 g/mol. The summed E-state index contributed by atoms with van der Waals surface area (Å²) < 4.78 is 48.9. The van der Waals surface area contributed by atoms with E-state index in [2.05, 4.69) is 5.32 Å². The van der Waals surface area contributed by atoms with Crippen molar-refractivity contribution in [2.75, 3.05) is 6.73 Å². The molecule has 0 aliphatic heterocycles. The Hall–Kier alpha value is -2.66. The van der Waals surface area contributed by atoms with Gasteiger partial charge in [0.25, 0.3) is 0 Å². The van der Waals surface area contributed by atoms with Crippen molar-refractivity contribution in [3.05, 3.63) is 70.8 Å². The number of alkyl halides is 3. The molecule has 0 aromatic heterocycles. The smallest absolute Gasteiger partial charge is 0.416 e. The maximum atomic E-state index is 12.8. The van der Waals surface area contributed by atoms with Gasteiger partial charge in [-0.25, -0.2) is 4.79 Å². The number of aliphatic hydroxyl groups is 1. The molecule has 0 heterocycles. The number of amides is 1.